The SMILES string of the molecule is C[C@@H](NC1CCOc2ccc(Br)cc21)c1cccs1. The van der Waals surface area contributed by atoms with Crippen molar-refractivity contribution in [3.63, 3.8) is 0 Å². The maximum atomic E-state index is 5.72. The summed E-state index contributed by atoms with van der Waals surface area (Å²) in [6, 6.07) is 11.3. The molecule has 100 valence electrons. The lowest BCUT2D eigenvalue weighted by molar-refractivity contribution is 0.246. The van der Waals surface area contributed by atoms with E-state index in [9.17, 15) is 0 Å². The quantitative estimate of drug-likeness (QED) is 0.877. The molecule has 0 bridgehead atoms. The maximum absolute atomic E-state index is 5.72. The van der Waals surface area contributed by atoms with Crippen LogP contribution in [0.3, 0.4) is 0 Å². The zero-order valence-electron chi connectivity index (χ0n) is 10.7. The normalized spacial score (nSPS) is 19.6. The second-order valence-corrected chi connectivity index (χ2v) is 6.67. The first-order valence-corrected chi connectivity index (χ1v) is 8.13. The summed E-state index contributed by atoms with van der Waals surface area (Å²) in [7, 11) is 0. The van der Waals surface area contributed by atoms with Crippen molar-refractivity contribution in [2.75, 3.05) is 6.61 Å². The minimum atomic E-state index is 0.360. The molecule has 1 aromatic carbocycles. The van der Waals surface area contributed by atoms with Gasteiger partial charge in [-0.1, -0.05) is 22.0 Å². The largest absolute Gasteiger partial charge is 0.493 e. The van der Waals surface area contributed by atoms with Crippen LogP contribution in [0.25, 0.3) is 0 Å². The molecule has 1 aliphatic rings. The van der Waals surface area contributed by atoms with E-state index in [-0.39, 0.29) is 0 Å². The van der Waals surface area contributed by atoms with Gasteiger partial charge < -0.3 is 10.1 Å². The molecule has 1 aliphatic heterocycles. The predicted octanol–water partition coefficient (Wildman–Crippen LogP) is 4.69. The monoisotopic (exact) mass is 337 g/mol. The van der Waals surface area contributed by atoms with Crippen LogP contribution in [-0.4, -0.2) is 6.61 Å². The Morgan fingerprint density at radius 1 is 1.42 bits per heavy atom. The number of nitrogens with one attached hydrogen (secondary N) is 1. The lowest BCUT2D eigenvalue weighted by Gasteiger charge is -2.29. The molecule has 2 nitrogen and oxygen atoms in total. The van der Waals surface area contributed by atoms with E-state index < -0.39 is 0 Å². The third kappa shape index (κ3) is 2.86. The molecule has 0 aliphatic carbocycles. The van der Waals surface area contributed by atoms with Gasteiger partial charge in [-0.05, 0) is 36.6 Å². The molecule has 2 heterocycles. The van der Waals surface area contributed by atoms with Gasteiger partial charge in [0.2, 0.25) is 0 Å². The second-order valence-electron chi connectivity index (χ2n) is 4.78. The molecule has 1 aromatic heterocycles. The van der Waals surface area contributed by atoms with Crippen molar-refractivity contribution in [3.05, 3.63) is 50.6 Å². The van der Waals surface area contributed by atoms with Crippen molar-refractivity contribution in [1.29, 1.82) is 0 Å². The van der Waals surface area contributed by atoms with Gasteiger partial charge in [0.15, 0.2) is 0 Å². The minimum absolute atomic E-state index is 0.360. The molecule has 0 spiro atoms. The minimum Gasteiger partial charge on any atom is -0.493 e. The Morgan fingerprint density at radius 2 is 2.32 bits per heavy atom. The third-order valence-electron chi connectivity index (χ3n) is 3.43. The number of ether oxygens (including phenoxy) is 1. The van der Waals surface area contributed by atoms with Crippen molar-refractivity contribution in [1.82, 2.24) is 5.32 Å². The van der Waals surface area contributed by atoms with Crippen LogP contribution in [0.15, 0.2) is 40.2 Å². The summed E-state index contributed by atoms with van der Waals surface area (Å²) in [4.78, 5) is 1.38. The maximum Gasteiger partial charge on any atom is 0.124 e. The van der Waals surface area contributed by atoms with E-state index in [1.54, 1.807) is 11.3 Å². The van der Waals surface area contributed by atoms with Gasteiger partial charge in [-0.15, -0.1) is 11.3 Å². The Labute approximate surface area is 125 Å². The van der Waals surface area contributed by atoms with Gasteiger partial charge in [-0.25, -0.2) is 0 Å². The van der Waals surface area contributed by atoms with Gasteiger partial charge in [0.1, 0.15) is 5.75 Å². The summed E-state index contributed by atoms with van der Waals surface area (Å²) in [6.07, 6.45) is 1.01. The summed E-state index contributed by atoms with van der Waals surface area (Å²) in [6.45, 7) is 3.00. The van der Waals surface area contributed by atoms with Crippen LogP contribution in [0.5, 0.6) is 5.75 Å². The highest BCUT2D eigenvalue weighted by Gasteiger charge is 2.23. The Morgan fingerprint density at radius 3 is 3.11 bits per heavy atom. The highest BCUT2D eigenvalue weighted by Crippen LogP contribution is 2.35. The molecular formula is C15H16BrNOS. The zero-order chi connectivity index (χ0) is 13.2. The smallest absolute Gasteiger partial charge is 0.124 e. The van der Waals surface area contributed by atoms with E-state index in [2.05, 4.69) is 51.7 Å². The molecule has 1 N–H and O–H groups in total. The van der Waals surface area contributed by atoms with Crippen molar-refractivity contribution in [2.24, 2.45) is 0 Å². The van der Waals surface area contributed by atoms with Crippen LogP contribution >= 0.6 is 27.3 Å². The van der Waals surface area contributed by atoms with E-state index >= 15 is 0 Å². The van der Waals surface area contributed by atoms with Gasteiger partial charge >= 0.3 is 0 Å². The van der Waals surface area contributed by atoms with E-state index in [1.807, 2.05) is 12.1 Å². The summed E-state index contributed by atoms with van der Waals surface area (Å²) < 4.78 is 6.83. The van der Waals surface area contributed by atoms with Gasteiger partial charge in [0.05, 0.1) is 6.61 Å². The first-order chi connectivity index (χ1) is 9.24. The van der Waals surface area contributed by atoms with Crippen LogP contribution in [0, 0.1) is 0 Å². The fourth-order valence-corrected chi connectivity index (χ4v) is 3.58. The Balaban J connectivity index is 1.81. The molecule has 2 aromatic rings. The van der Waals surface area contributed by atoms with E-state index in [0.29, 0.717) is 12.1 Å². The standard InChI is InChI=1S/C15H16BrNOS/c1-10(15-3-2-8-19-15)17-13-6-7-18-14-5-4-11(16)9-12(13)14/h2-5,8-10,13,17H,6-7H2,1H3/t10-,13?/m1/s1. The second kappa shape index (κ2) is 5.65. The van der Waals surface area contributed by atoms with Crippen molar-refractivity contribution >= 4 is 27.3 Å². The van der Waals surface area contributed by atoms with Crippen molar-refractivity contribution < 1.29 is 4.74 Å². The molecule has 0 amide bonds. The molecule has 0 radical (unpaired) electrons. The lowest BCUT2D eigenvalue weighted by Crippen LogP contribution is -2.29. The van der Waals surface area contributed by atoms with Gasteiger partial charge in [0.25, 0.3) is 0 Å². The molecular weight excluding hydrogens is 322 g/mol. The van der Waals surface area contributed by atoms with Crippen LogP contribution in [0.4, 0.5) is 0 Å². The van der Waals surface area contributed by atoms with Gasteiger partial charge in [0, 0.05) is 33.4 Å². The van der Waals surface area contributed by atoms with E-state index in [0.717, 1.165) is 23.2 Å². The Hall–Kier alpha value is -0.840. The first kappa shape index (κ1) is 13.2. The average molecular weight is 338 g/mol. The molecule has 4 heteroatoms. The summed E-state index contributed by atoms with van der Waals surface area (Å²) in [5.41, 5.74) is 1.25. The number of rotatable bonds is 3. The number of benzene rings is 1. The number of hydrogen-bond acceptors (Lipinski definition) is 3. The fourth-order valence-electron chi connectivity index (χ4n) is 2.46. The zero-order valence-corrected chi connectivity index (χ0v) is 13.1. The first-order valence-electron chi connectivity index (χ1n) is 6.46. The van der Waals surface area contributed by atoms with E-state index in [4.69, 9.17) is 4.74 Å². The topological polar surface area (TPSA) is 21.3 Å². The van der Waals surface area contributed by atoms with Crippen LogP contribution in [-0.2, 0) is 0 Å². The summed E-state index contributed by atoms with van der Waals surface area (Å²) in [5, 5.41) is 5.84. The highest BCUT2D eigenvalue weighted by molar-refractivity contribution is 9.10. The van der Waals surface area contributed by atoms with E-state index in [1.165, 1.54) is 10.4 Å². The number of thiophene rings is 1. The number of fused-ring (bicyclic) bond motifs is 1. The Bertz CT molecular complexity index is 555. The van der Waals surface area contributed by atoms with Crippen molar-refractivity contribution in [2.45, 2.75) is 25.4 Å². The molecule has 19 heavy (non-hydrogen) atoms. The van der Waals surface area contributed by atoms with Crippen LogP contribution < -0.4 is 10.1 Å². The van der Waals surface area contributed by atoms with Gasteiger partial charge in [-0.2, -0.15) is 0 Å². The Kier molecular flexibility index (Phi) is 3.91. The van der Waals surface area contributed by atoms with Crippen LogP contribution in [0.2, 0.25) is 0 Å². The summed E-state index contributed by atoms with van der Waals surface area (Å²) >= 11 is 5.34. The van der Waals surface area contributed by atoms with Crippen LogP contribution in [0.1, 0.15) is 35.9 Å². The fraction of sp³-hybridized carbons (Fsp3) is 0.333. The molecule has 3 rings (SSSR count). The number of hydrogen-bond donors (Lipinski definition) is 1. The molecule has 0 saturated heterocycles. The molecule has 0 saturated carbocycles. The highest BCUT2D eigenvalue weighted by atomic mass is 79.9. The predicted molar refractivity (Wildman–Crippen MR) is 82.9 cm³/mol. The lowest BCUT2D eigenvalue weighted by atomic mass is 9.99. The number of halogens is 1. The average Bonchev–Trinajstić information content (AvgIpc) is 2.93. The third-order valence-corrected chi connectivity index (χ3v) is 4.98. The molecule has 0 fully saturated rings. The van der Waals surface area contributed by atoms with Crippen molar-refractivity contribution in [3.8, 4) is 5.75 Å². The molecule has 1 unspecified atom stereocenters. The van der Waals surface area contributed by atoms with Gasteiger partial charge in [-0.3, -0.25) is 0 Å². The summed E-state index contributed by atoms with van der Waals surface area (Å²) in [5.74, 6) is 1.00. The molecule has 2 atom stereocenters.